The van der Waals surface area contributed by atoms with Gasteiger partial charge in [0.15, 0.2) is 5.11 Å². The number of rotatable bonds is 9. The van der Waals surface area contributed by atoms with E-state index < -0.39 is 10.0 Å². The lowest BCUT2D eigenvalue weighted by atomic mass is 10.1. The zero-order valence-corrected chi connectivity index (χ0v) is 18.8. The molecule has 2 rings (SSSR count). The third-order valence-corrected chi connectivity index (χ3v) is 6.60. The zero-order valence-electron chi connectivity index (χ0n) is 16.4. The summed E-state index contributed by atoms with van der Waals surface area (Å²) in [5, 5.41) is 8.15. The Morgan fingerprint density at radius 2 is 2.10 bits per heavy atom. The maximum absolute atomic E-state index is 12.7. The molecule has 1 heterocycles. The maximum Gasteiger partial charge on any atom is 0.267 e. The summed E-state index contributed by atoms with van der Waals surface area (Å²) >= 11 is 6.38. The molecule has 1 aromatic heterocycles. The predicted molar refractivity (Wildman–Crippen MR) is 117 cm³/mol. The molecule has 0 bridgehead atoms. The van der Waals surface area contributed by atoms with Gasteiger partial charge in [-0.05, 0) is 43.3 Å². The van der Waals surface area contributed by atoms with E-state index in [-0.39, 0.29) is 34.1 Å². The Kier molecular flexibility index (Phi) is 8.35. The van der Waals surface area contributed by atoms with Crippen molar-refractivity contribution in [1.82, 2.24) is 20.3 Å². The number of carbonyl (C=O) groups excluding carboxylic acids is 1. The van der Waals surface area contributed by atoms with E-state index in [2.05, 4.69) is 20.3 Å². The first kappa shape index (κ1) is 23.0. The van der Waals surface area contributed by atoms with Gasteiger partial charge < -0.3 is 15.4 Å². The van der Waals surface area contributed by atoms with Gasteiger partial charge in [-0.1, -0.05) is 13.0 Å². The van der Waals surface area contributed by atoms with E-state index in [4.69, 9.17) is 17.0 Å². The van der Waals surface area contributed by atoms with Gasteiger partial charge in [0.05, 0.1) is 19.1 Å². The fourth-order valence-electron chi connectivity index (χ4n) is 2.55. The number of aromatic nitrogens is 1. The van der Waals surface area contributed by atoms with E-state index in [9.17, 15) is 13.2 Å². The Balaban J connectivity index is 2.23. The molecule has 1 aromatic carbocycles. The minimum atomic E-state index is -3.96. The molecule has 0 radical (unpaired) electrons. The van der Waals surface area contributed by atoms with Crippen molar-refractivity contribution in [2.24, 2.45) is 0 Å². The molecule has 0 aliphatic carbocycles. The van der Waals surface area contributed by atoms with Crippen LogP contribution in [0, 0.1) is 0 Å². The summed E-state index contributed by atoms with van der Waals surface area (Å²) in [7, 11) is -2.45. The third-order valence-electron chi connectivity index (χ3n) is 3.91. The molecule has 2 aromatic rings. The number of nitrogens with zero attached hydrogens (tertiary/aromatic N) is 1. The fourth-order valence-corrected chi connectivity index (χ4v) is 4.81. The van der Waals surface area contributed by atoms with Gasteiger partial charge in [-0.25, -0.2) is 13.4 Å². The number of benzene rings is 1. The van der Waals surface area contributed by atoms with Gasteiger partial charge in [-0.3, -0.25) is 9.52 Å². The molecular weight excluding hydrogens is 432 g/mol. The van der Waals surface area contributed by atoms with Crippen LogP contribution in [0.15, 0.2) is 34.7 Å². The van der Waals surface area contributed by atoms with Crippen LogP contribution in [0.3, 0.4) is 0 Å². The number of thiazole rings is 1. The average molecular weight is 457 g/mol. The molecule has 1 unspecified atom stereocenters. The number of nitrogens with one attached hydrogen (secondary N) is 3. The van der Waals surface area contributed by atoms with Crippen LogP contribution in [0.5, 0.6) is 5.75 Å². The number of hydrogen-bond acceptors (Lipinski definition) is 7. The molecule has 0 saturated heterocycles. The summed E-state index contributed by atoms with van der Waals surface area (Å²) < 4.78 is 33.1. The molecule has 0 spiro atoms. The quantitative estimate of drug-likeness (QED) is 0.496. The van der Waals surface area contributed by atoms with Crippen molar-refractivity contribution in [2.75, 3.05) is 13.7 Å². The second-order valence-electron chi connectivity index (χ2n) is 5.97. The standard InChI is InChI=1S/C18H24N4O4S3/c1-4-13(17-20-8-9-28-17)21-16(23)11-12-6-7-14(26-5-2)15(10-12)29(24,25)22-18(27)19-3/h6-10,13H,4-5,11H2,1-3H3,(H,21,23)(H2,19,22,27). The summed E-state index contributed by atoms with van der Waals surface area (Å²) in [4.78, 5) is 16.7. The Hall–Kier alpha value is -2.24. The average Bonchev–Trinajstić information content (AvgIpc) is 3.21. The van der Waals surface area contributed by atoms with Gasteiger partial charge in [0.25, 0.3) is 10.0 Å². The fraction of sp³-hybridized carbons (Fsp3) is 0.389. The second kappa shape index (κ2) is 10.5. The Morgan fingerprint density at radius 1 is 1.34 bits per heavy atom. The zero-order chi connectivity index (χ0) is 21.4. The largest absolute Gasteiger partial charge is 0.492 e. The molecule has 1 atom stereocenters. The Labute approximate surface area is 180 Å². The molecule has 3 N–H and O–H groups in total. The normalized spacial score (nSPS) is 12.1. The van der Waals surface area contributed by atoms with Crippen molar-refractivity contribution in [3.05, 3.63) is 40.3 Å². The number of amides is 1. The molecule has 8 nitrogen and oxygen atoms in total. The summed E-state index contributed by atoms with van der Waals surface area (Å²) in [5.74, 6) is -0.0319. The van der Waals surface area contributed by atoms with Gasteiger partial charge >= 0.3 is 0 Å². The van der Waals surface area contributed by atoms with Crippen molar-refractivity contribution in [2.45, 2.75) is 37.6 Å². The lowest BCUT2D eigenvalue weighted by molar-refractivity contribution is -0.121. The van der Waals surface area contributed by atoms with E-state index in [0.29, 0.717) is 18.6 Å². The van der Waals surface area contributed by atoms with Crippen LogP contribution in [0.4, 0.5) is 0 Å². The molecule has 11 heteroatoms. The molecule has 29 heavy (non-hydrogen) atoms. The van der Waals surface area contributed by atoms with Crippen LogP contribution in [0.25, 0.3) is 0 Å². The molecule has 0 fully saturated rings. The lowest BCUT2D eigenvalue weighted by Crippen LogP contribution is -2.37. The van der Waals surface area contributed by atoms with Gasteiger partial charge in [-0.2, -0.15) is 0 Å². The minimum Gasteiger partial charge on any atom is -0.492 e. The SMILES string of the molecule is CCOc1ccc(CC(=O)NC(CC)c2nccs2)cc1S(=O)(=O)NC(=S)NC. The number of carbonyl (C=O) groups is 1. The number of hydrogen-bond donors (Lipinski definition) is 3. The number of ether oxygens (including phenoxy) is 1. The topological polar surface area (TPSA) is 109 Å². The van der Waals surface area contributed by atoms with Crippen LogP contribution < -0.4 is 20.1 Å². The molecule has 0 aliphatic heterocycles. The predicted octanol–water partition coefficient (Wildman–Crippen LogP) is 2.13. The van der Waals surface area contributed by atoms with Crippen molar-refractivity contribution in [1.29, 1.82) is 0 Å². The highest BCUT2D eigenvalue weighted by Gasteiger charge is 2.22. The van der Waals surface area contributed by atoms with Crippen molar-refractivity contribution in [3.63, 3.8) is 0 Å². The minimum absolute atomic E-state index is 0.0211. The molecule has 158 valence electrons. The Morgan fingerprint density at radius 3 is 2.69 bits per heavy atom. The van der Waals surface area contributed by atoms with Crippen molar-refractivity contribution < 1.29 is 17.9 Å². The molecular formula is C18H24N4O4S3. The highest BCUT2D eigenvalue weighted by Crippen LogP contribution is 2.26. The van der Waals surface area contributed by atoms with Crippen LogP contribution in [-0.4, -0.2) is 38.1 Å². The van der Waals surface area contributed by atoms with Crippen LogP contribution in [0.1, 0.15) is 36.9 Å². The van der Waals surface area contributed by atoms with Gasteiger partial charge in [0.2, 0.25) is 5.91 Å². The van der Waals surface area contributed by atoms with Gasteiger partial charge in [-0.15, -0.1) is 11.3 Å². The van der Waals surface area contributed by atoms with Crippen LogP contribution >= 0.6 is 23.6 Å². The number of sulfonamides is 1. The molecule has 0 saturated carbocycles. The highest BCUT2D eigenvalue weighted by molar-refractivity contribution is 7.92. The smallest absolute Gasteiger partial charge is 0.267 e. The van der Waals surface area contributed by atoms with E-state index in [1.54, 1.807) is 25.3 Å². The first-order chi connectivity index (χ1) is 13.8. The van der Waals surface area contributed by atoms with Crippen molar-refractivity contribution >= 4 is 44.6 Å². The van der Waals surface area contributed by atoms with Gasteiger partial charge in [0.1, 0.15) is 15.7 Å². The number of thiocarbonyl (C=S) groups is 1. The summed E-state index contributed by atoms with van der Waals surface area (Å²) in [6.45, 7) is 4.02. The third kappa shape index (κ3) is 6.38. The maximum atomic E-state index is 12.7. The first-order valence-electron chi connectivity index (χ1n) is 8.99. The Bertz CT molecular complexity index is 946. The van der Waals surface area contributed by atoms with Crippen LogP contribution in [-0.2, 0) is 21.2 Å². The summed E-state index contributed by atoms with van der Waals surface area (Å²) in [6.07, 6.45) is 2.42. The van der Waals surface area contributed by atoms with Crippen molar-refractivity contribution in [3.8, 4) is 5.75 Å². The highest BCUT2D eigenvalue weighted by atomic mass is 32.2. The monoisotopic (exact) mass is 456 g/mol. The molecule has 1 amide bonds. The van der Waals surface area contributed by atoms with Gasteiger partial charge in [0, 0.05) is 18.6 Å². The first-order valence-corrected chi connectivity index (χ1v) is 11.8. The summed E-state index contributed by atoms with van der Waals surface area (Å²) in [6, 6.07) is 4.46. The lowest BCUT2D eigenvalue weighted by Gasteiger charge is -2.16. The van der Waals surface area contributed by atoms with Crippen LogP contribution in [0.2, 0.25) is 0 Å². The second-order valence-corrected chi connectivity index (χ2v) is 8.96. The van der Waals surface area contributed by atoms with E-state index in [1.165, 1.54) is 24.5 Å². The van der Waals surface area contributed by atoms with E-state index in [0.717, 1.165) is 5.01 Å². The van der Waals surface area contributed by atoms with E-state index >= 15 is 0 Å². The summed E-state index contributed by atoms with van der Waals surface area (Å²) in [5.41, 5.74) is 0.538. The van der Waals surface area contributed by atoms with E-state index in [1.807, 2.05) is 12.3 Å². The molecule has 0 aliphatic rings.